The molecule has 0 fully saturated rings. The van der Waals surface area contributed by atoms with Gasteiger partial charge in [0.2, 0.25) is 0 Å². The molecule has 0 aliphatic heterocycles. The Bertz CT molecular complexity index is 1180. The van der Waals surface area contributed by atoms with Gasteiger partial charge in [-0.15, -0.1) is 0 Å². The lowest BCUT2D eigenvalue weighted by Gasteiger charge is -2.09. The van der Waals surface area contributed by atoms with Gasteiger partial charge in [-0.05, 0) is 23.8 Å². The van der Waals surface area contributed by atoms with Crippen molar-refractivity contribution in [2.24, 2.45) is 7.05 Å². The maximum Gasteiger partial charge on any atom is 0.355 e. The van der Waals surface area contributed by atoms with E-state index in [0.29, 0.717) is 5.56 Å². The molecule has 1 N–H and O–H groups in total. The largest absolute Gasteiger partial charge is 0.476 e. The first kappa shape index (κ1) is 16.7. The second-order valence-electron chi connectivity index (χ2n) is 6.20. The second-order valence-corrected chi connectivity index (χ2v) is 6.20. The van der Waals surface area contributed by atoms with Crippen molar-refractivity contribution in [1.82, 2.24) is 9.55 Å². The van der Waals surface area contributed by atoms with E-state index in [-0.39, 0.29) is 17.0 Å². The summed E-state index contributed by atoms with van der Waals surface area (Å²) in [6.45, 7) is 0. The molecule has 0 atom stereocenters. The van der Waals surface area contributed by atoms with Gasteiger partial charge >= 0.3 is 5.97 Å². The van der Waals surface area contributed by atoms with Crippen molar-refractivity contribution < 1.29 is 14.7 Å². The monoisotopic (exact) mass is 356 g/mol. The van der Waals surface area contributed by atoms with Crippen molar-refractivity contribution in [1.29, 1.82) is 0 Å². The van der Waals surface area contributed by atoms with Crippen LogP contribution in [0.5, 0.6) is 0 Å². The zero-order chi connectivity index (χ0) is 19.0. The SMILES string of the molecule is Cn1c(-c2ccccc2)c(C(=O)c2cccnc2C(=O)O)c2ccccc21. The van der Waals surface area contributed by atoms with E-state index in [4.69, 9.17) is 0 Å². The molecule has 0 radical (unpaired) electrons. The molecule has 0 saturated carbocycles. The van der Waals surface area contributed by atoms with Crippen LogP contribution in [0, 0.1) is 0 Å². The number of fused-ring (bicyclic) bond motifs is 1. The summed E-state index contributed by atoms with van der Waals surface area (Å²) in [6.07, 6.45) is 1.38. The van der Waals surface area contributed by atoms with E-state index in [9.17, 15) is 14.7 Å². The first-order valence-corrected chi connectivity index (χ1v) is 8.45. The van der Waals surface area contributed by atoms with Crippen molar-refractivity contribution in [2.45, 2.75) is 0 Å². The molecule has 0 spiro atoms. The second kappa shape index (κ2) is 6.53. The average Bonchev–Trinajstić information content (AvgIpc) is 3.01. The standard InChI is InChI=1S/C22H16N2O3/c1-24-17-12-6-5-10-15(17)18(20(24)14-8-3-2-4-9-14)21(25)16-11-7-13-23-19(16)22(26)27/h2-13H,1H3,(H,26,27). The van der Waals surface area contributed by atoms with Gasteiger partial charge < -0.3 is 9.67 Å². The fraction of sp³-hybridized carbons (Fsp3) is 0.0455. The highest BCUT2D eigenvalue weighted by atomic mass is 16.4. The third-order valence-electron chi connectivity index (χ3n) is 4.64. The van der Waals surface area contributed by atoms with Gasteiger partial charge in [0.05, 0.1) is 16.8 Å². The summed E-state index contributed by atoms with van der Waals surface area (Å²) in [5.74, 6) is -1.57. The first-order valence-electron chi connectivity index (χ1n) is 8.45. The minimum absolute atomic E-state index is 0.0820. The van der Waals surface area contributed by atoms with Gasteiger partial charge in [0.25, 0.3) is 0 Å². The zero-order valence-corrected chi connectivity index (χ0v) is 14.6. The molecule has 2 aromatic carbocycles. The molecule has 0 aliphatic rings. The zero-order valence-electron chi connectivity index (χ0n) is 14.6. The normalized spacial score (nSPS) is 10.9. The van der Waals surface area contributed by atoms with Crippen LogP contribution in [0.3, 0.4) is 0 Å². The Morgan fingerprint density at radius 1 is 0.926 bits per heavy atom. The number of aromatic carboxylic acids is 1. The molecule has 4 aromatic rings. The molecule has 4 rings (SSSR count). The summed E-state index contributed by atoms with van der Waals surface area (Å²) in [7, 11) is 1.91. The number of carboxylic acid groups (broad SMARTS) is 1. The van der Waals surface area contributed by atoms with Crippen molar-refractivity contribution in [3.63, 3.8) is 0 Å². The maximum absolute atomic E-state index is 13.5. The van der Waals surface area contributed by atoms with Crippen LogP contribution in [0.1, 0.15) is 26.4 Å². The molecule has 2 heterocycles. The molecule has 0 saturated heterocycles. The van der Waals surface area contributed by atoms with E-state index < -0.39 is 5.97 Å². The van der Waals surface area contributed by atoms with Crippen LogP contribution in [0.15, 0.2) is 72.9 Å². The minimum atomic E-state index is -1.22. The lowest BCUT2D eigenvalue weighted by molar-refractivity contribution is 0.0686. The fourth-order valence-electron chi connectivity index (χ4n) is 3.45. The van der Waals surface area contributed by atoms with E-state index in [1.807, 2.05) is 66.2 Å². The van der Waals surface area contributed by atoms with Crippen LogP contribution < -0.4 is 0 Å². The summed E-state index contributed by atoms with van der Waals surface area (Å²) in [5, 5.41) is 10.2. The van der Waals surface area contributed by atoms with Crippen LogP contribution in [0.4, 0.5) is 0 Å². The predicted octanol–water partition coefficient (Wildman–Crippen LogP) is 4.17. The number of para-hydroxylation sites is 1. The summed E-state index contributed by atoms with van der Waals surface area (Å²) >= 11 is 0. The summed E-state index contributed by atoms with van der Waals surface area (Å²) in [6, 6.07) is 20.3. The highest BCUT2D eigenvalue weighted by molar-refractivity contribution is 6.22. The molecule has 132 valence electrons. The third kappa shape index (κ3) is 2.69. The molecular formula is C22H16N2O3. The Morgan fingerprint density at radius 2 is 1.63 bits per heavy atom. The van der Waals surface area contributed by atoms with Crippen molar-refractivity contribution in [3.8, 4) is 11.3 Å². The van der Waals surface area contributed by atoms with Crippen molar-refractivity contribution >= 4 is 22.7 Å². The molecule has 0 aliphatic carbocycles. The Hall–Kier alpha value is -3.73. The molecule has 0 bridgehead atoms. The molecule has 0 unspecified atom stereocenters. The number of pyridine rings is 1. The van der Waals surface area contributed by atoms with Gasteiger partial charge in [-0.25, -0.2) is 9.78 Å². The Kier molecular flexibility index (Phi) is 4.05. The number of aryl methyl sites for hydroxylation is 1. The number of nitrogens with zero attached hydrogens (tertiary/aromatic N) is 2. The number of carbonyl (C=O) groups is 2. The van der Waals surface area contributed by atoms with E-state index >= 15 is 0 Å². The number of aromatic nitrogens is 2. The lowest BCUT2D eigenvalue weighted by atomic mass is 9.96. The van der Waals surface area contributed by atoms with Crippen LogP contribution in [-0.2, 0) is 7.05 Å². The van der Waals surface area contributed by atoms with Crippen LogP contribution in [-0.4, -0.2) is 26.4 Å². The Morgan fingerprint density at radius 3 is 2.37 bits per heavy atom. The number of carbonyl (C=O) groups excluding carboxylic acids is 1. The smallest absolute Gasteiger partial charge is 0.355 e. The molecule has 5 heteroatoms. The number of benzene rings is 2. The van der Waals surface area contributed by atoms with E-state index in [1.165, 1.54) is 12.3 Å². The van der Waals surface area contributed by atoms with E-state index in [0.717, 1.165) is 22.2 Å². The molecule has 27 heavy (non-hydrogen) atoms. The summed E-state index contributed by atoms with van der Waals surface area (Å²) < 4.78 is 1.97. The van der Waals surface area contributed by atoms with E-state index in [1.54, 1.807) is 6.07 Å². The average molecular weight is 356 g/mol. The van der Waals surface area contributed by atoms with E-state index in [2.05, 4.69) is 4.98 Å². The highest BCUT2D eigenvalue weighted by Crippen LogP contribution is 2.34. The van der Waals surface area contributed by atoms with Gasteiger partial charge in [0, 0.05) is 24.1 Å². The Labute approximate surface area is 155 Å². The summed E-state index contributed by atoms with van der Waals surface area (Å²) in [4.78, 5) is 28.9. The molecule has 0 amide bonds. The minimum Gasteiger partial charge on any atom is -0.476 e. The number of rotatable bonds is 4. The van der Waals surface area contributed by atoms with Gasteiger partial charge in [0.1, 0.15) is 0 Å². The summed E-state index contributed by atoms with van der Waals surface area (Å²) in [5.41, 5.74) is 2.87. The van der Waals surface area contributed by atoms with Gasteiger partial charge in [-0.1, -0.05) is 48.5 Å². The van der Waals surface area contributed by atoms with Crippen LogP contribution in [0.25, 0.3) is 22.2 Å². The highest BCUT2D eigenvalue weighted by Gasteiger charge is 2.26. The number of carboxylic acids is 1. The van der Waals surface area contributed by atoms with Crippen molar-refractivity contribution in [3.05, 3.63) is 89.7 Å². The molecule has 2 aromatic heterocycles. The Balaban J connectivity index is 2.05. The van der Waals surface area contributed by atoms with Crippen molar-refractivity contribution in [2.75, 3.05) is 0 Å². The number of ketones is 1. The quantitative estimate of drug-likeness (QED) is 0.557. The third-order valence-corrected chi connectivity index (χ3v) is 4.64. The maximum atomic E-state index is 13.5. The lowest BCUT2D eigenvalue weighted by Crippen LogP contribution is -2.12. The predicted molar refractivity (Wildman–Crippen MR) is 103 cm³/mol. The van der Waals surface area contributed by atoms with Gasteiger partial charge in [-0.2, -0.15) is 0 Å². The topological polar surface area (TPSA) is 72.2 Å². The first-order chi connectivity index (χ1) is 13.1. The van der Waals surface area contributed by atoms with Crippen LogP contribution >= 0.6 is 0 Å². The van der Waals surface area contributed by atoms with Crippen LogP contribution in [0.2, 0.25) is 0 Å². The number of hydrogen-bond donors (Lipinski definition) is 1. The number of hydrogen-bond acceptors (Lipinski definition) is 3. The fourth-order valence-corrected chi connectivity index (χ4v) is 3.45. The van der Waals surface area contributed by atoms with Gasteiger partial charge in [0.15, 0.2) is 11.5 Å². The molecular weight excluding hydrogens is 340 g/mol. The molecule has 5 nitrogen and oxygen atoms in total. The van der Waals surface area contributed by atoms with Gasteiger partial charge in [-0.3, -0.25) is 4.79 Å².